The van der Waals surface area contributed by atoms with Gasteiger partial charge in [-0.25, -0.2) is 4.18 Å². The molecule has 8 heteroatoms. The third-order valence-corrected chi connectivity index (χ3v) is 3.67. The first-order chi connectivity index (χ1) is 9.89. The first-order valence-electron chi connectivity index (χ1n) is 7.61. The second kappa shape index (κ2) is 12.3. The van der Waals surface area contributed by atoms with Gasteiger partial charge in [0.1, 0.15) is 0 Å². The van der Waals surface area contributed by atoms with E-state index in [1.165, 1.54) is 25.7 Å². The first-order valence-corrected chi connectivity index (χ1v) is 8.98. The standard InChI is InChI=1S/C13H30N2O5S/c1-2-3-4-5-6-7-8-15(12-13(16)11-14)9-10-20-21(17,18)19/h13,16H,2-12,14H2,1H3,(H,17,18,19). The van der Waals surface area contributed by atoms with Crippen molar-refractivity contribution in [2.24, 2.45) is 5.73 Å². The molecular formula is C13H30N2O5S. The smallest absolute Gasteiger partial charge is 0.390 e. The third-order valence-electron chi connectivity index (χ3n) is 3.21. The topological polar surface area (TPSA) is 113 Å². The highest BCUT2D eigenvalue weighted by Gasteiger charge is 2.12. The average molecular weight is 326 g/mol. The molecule has 0 heterocycles. The molecule has 7 nitrogen and oxygen atoms in total. The highest BCUT2D eigenvalue weighted by molar-refractivity contribution is 7.80. The third kappa shape index (κ3) is 14.5. The van der Waals surface area contributed by atoms with Gasteiger partial charge >= 0.3 is 10.4 Å². The van der Waals surface area contributed by atoms with Gasteiger partial charge in [0.2, 0.25) is 0 Å². The zero-order valence-corrected chi connectivity index (χ0v) is 13.7. The van der Waals surface area contributed by atoms with Crippen LogP contribution in [0.5, 0.6) is 0 Å². The van der Waals surface area contributed by atoms with Crippen LogP contribution in [0.15, 0.2) is 0 Å². The quantitative estimate of drug-likeness (QED) is 0.319. The molecule has 0 aliphatic heterocycles. The van der Waals surface area contributed by atoms with Crippen molar-refractivity contribution in [2.75, 3.05) is 32.8 Å². The molecule has 0 rings (SSSR count). The van der Waals surface area contributed by atoms with Crippen molar-refractivity contribution < 1.29 is 22.3 Å². The number of nitrogens with two attached hydrogens (primary N) is 1. The van der Waals surface area contributed by atoms with E-state index in [9.17, 15) is 13.5 Å². The molecule has 0 saturated carbocycles. The average Bonchev–Trinajstić information content (AvgIpc) is 2.40. The van der Waals surface area contributed by atoms with Crippen LogP contribution in [0, 0.1) is 0 Å². The van der Waals surface area contributed by atoms with Crippen LogP contribution in [0.2, 0.25) is 0 Å². The maximum atomic E-state index is 10.5. The molecule has 4 N–H and O–H groups in total. The van der Waals surface area contributed by atoms with Crippen molar-refractivity contribution in [3.8, 4) is 0 Å². The summed E-state index contributed by atoms with van der Waals surface area (Å²) in [5.74, 6) is 0. The van der Waals surface area contributed by atoms with Gasteiger partial charge in [0.15, 0.2) is 0 Å². The second-order valence-electron chi connectivity index (χ2n) is 5.21. The Labute approximate surface area is 128 Å². The number of hydrogen-bond donors (Lipinski definition) is 3. The summed E-state index contributed by atoms with van der Waals surface area (Å²) < 4.78 is 33.8. The van der Waals surface area contributed by atoms with E-state index in [-0.39, 0.29) is 13.2 Å². The lowest BCUT2D eigenvalue weighted by Gasteiger charge is -2.24. The number of unbranched alkanes of at least 4 members (excludes halogenated alkanes) is 5. The summed E-state index contributed by atoms with van der Waals surface area (Å²) in [7, 11) is -4.40. The van der Waals surface area contributed by atoms with Gasteiger partial charge in [-0.2, -0.15) is 8.42 Å². The van der Waals surface area contributed by atoms with Gasteiger partial charge in [-0.1, -0.05) is 39.0 Å². The van der Waals surface area contributed by atoms with Crippen molar-refractivity contribution in [1.82, 2.24) is 4.90 Å². The predicted molar refractivity (Wildman–Crippen MR) is 82.4 cm³/mol. The molecule has 0 aromatic carbocycles. The highest BCUT2D eigenvalue weighted by atomic mass is 32.3. The van der Waals surface area contributed by atoms with Gasteiger partial charge in [-0.3, -0.25) is 9.45 Å². The molecular weight excluding hydrogens is 296 g/mol. The van der Waals surface area contributed by atoms with Crippen LogP contribution in [0.4, 0.5) is 0 Å². The minimum Gasteiger partial charge on any atom is -0.390 e. The van der Waals surface area contributed by atoms with Crippen molar-refractivity contribution in [2.45, 2.75) is 51.6 Å². The maximum absolute atomic E-state index is 10.5. The lowest BCUT2D eigenvalue weighted by Crippen LogP contribution is -2.39. The number of aliphatic hydroxyl groups is 1. The monoisotopic (exact) mass is 326 g/mol. The fourth-order valence-corrected chi connectivity index (χ4v) is 2.34. The predicted octanol–water partition coefficient (Wildman–Crippen LogP) is 0.788. The summed E-state index contributed by atoms with van der Waals surface area (Å²) in [4.78, 5) is 1.91. The van der Waals surface area contributed by atoms with Crippen molar-refractivity contribution in [3.05, 3.63) is 0 Å². The Balaban J connectivity index is 3.96. The van der Waals surface area contributed by atoms with Gasteiger partial charge < -0.3 is 10.8 Å². The minimum atomic E-state index is -4.40. The van der Waals surface area contributed by atoms with Crippen LogP contribution in [-0.2, 0) is 14.6 Å². The summed E-state index contributed by atoms with van der Waals surface area (Å²) in [5.41, 5.74) is 5.38. The molecule has 0 amide bonds. The summed E-state index contributed by atoms with van der Waals surface area (Å²) in [6.07, 6.45) is 6.31. The van der Waals surface area contributed by atoms with Gasteiger partial charge in [0, 0.05) is 19.6 Å². The van der Waals surface area contributed by atoms with Gasteiger partial charge in [-0.05, 0) is 13.0 Å². The minimum absolute atomic E-state index is 0.133. The van der Waals surface area contributed by atoms with Crippen LogP contribution in [0.25, 0.3) is 0 Å². The lowest BCUT2D eigenvalue weighted by atomic mass is 10.1. The fraction of sp³-hybridized carbons (Fsp3) is 1.00. The molecule has 0 aromatic heterocycles. The fourth-order valence-electron chi connectivity index (χ4n) is 2.05. The number of hydrogen-bond acceptors (Lipinski definition) is 6. The molecule has 1 atom stereocenters. The highest BCUT2D eigenvalue weighted by Crippen LogP contribution is 2.06. The van der Waals surface area contributed by atoms with E-state index >= 15 is 0 Å². The Morgan fingerprint density at radius 2 is 1.76 bits per heavy atom. The van der Waals surface area contributed by atoms with E-state index in [2.05, 4.69) is 11.1 Å². The lowest BCUT2D eigenvalue weighted by molar-refractivity contribution is 0.106. The Hall–Kier alpha value is -0.250. The zero-order chi connectivity index (χ0) is 16.1. The molecule has 0 fully saturated rings. The van der Waals surface area contributed by atoms with Crippen LogP contribution in [0.3, 0.4) is 0 Å². The van der Waals surface area contributed by atoms with Crippen molar-refractivity contribution in [1.29, 1.82) is 0 Å². The molecule has 128 valence electrons. The second-order valence-corrected chi connectivity index (χ2v) is 6.30. The largest absolute Gasteiger partial charge is 0.397 e. The van der Waals surface area contributed by atoms with Gasteiger partial charge in [0.05, 0.1) is 12.7 Å². The van der Waals surface area contributed by atoms with Crippen LogP contribution >= 0.6 is 0 Å². The molecule has 0 aromatic rings. The number of aliphatic hydroxyl groups excluding tert-OH is 1. The van der Waals surface area contributed by atoms with Gasteiger partial charge in [-0.15, -0.1) is 0 Å². The summed E-state index contributed by atoms with van der Waals surface area (Å²) in [6, 6.07) is 0. The van der Waals surface area contributed by atoms with Gasteiger partial charge in [0.25, 0.3) is 0 Å². The summed E-state index contributed by atoms with van der Waals surface area (Å²) in [6.45, 7) is 3.65. The summed E-state index contributed by atoms with van der Waals surface area (Å²) >= 11 is 0. The molecule has 1 unspecified atom stereocenters. The Morgan fingerprint density at radius 3 is 2.33 bits per heavy atom. The molecule has 0 saturated heterocycles. The van der Waals surface area contributed by atoms with Crippen LogP contribution < -0.4 is 5.73 Å². The van der Waals surface area contributed by atoms with E-state index in [0.717, 1.165) is 19.4 Å². The maximum Gasteiger partial charge on any atom is 0.397 e. The SMILES string of the molecule is CCCCCCCCN(CCOS(=O)(=O)O)CC(O)CN. The Morgan fingerprint density at radius 1 is 1.14 bits per heavy atom. The molecule has 0 bridgehead atoms. The zero-order valence-electron chi connectivity index (χ0n) is 12.9. The molecule has 0 radical (unpaired) electrons. The summed E-state index contributed by atoms with van der Waals surface area (Å²) in [5, 5.41) is 9.59. The van der Waals surface area contributed by atoms with E-state index in [0.29, 0.717) is 13.1 Å². The molecule has 0 aliphatic rings. The van der Waals surface area contributed by atoms with Crippen molar-refractivity contribution >= 4 is 10.4 Å². The van der Waals surface area contributed by atoms with Crippen LogP contribution in [0.1, 0.15) is 45.4 Å². The Kier molecular flexibility index (Phi) is 12.2. The Bertz CT molecular complexity index is 337. The normalized spacial score (nSPS) is 13.8. The van der Waals surface area contributed by atoms with E-state index in [1.807, 2.05) is 4.90 Å². The van der Waals surface area contributed by atoms with Crippen molar-refractivity contribution in [3.63, 3.8) is 0 Å². The molecule has 0 spiro atoms. The van der Waals surface area contributed by atoms with E-state index in [4.69, 9.17) is 10.3 Å². The van der Waals surface area contributed by atoms with E-state index < -0.39 is 16.5 Å². The van der Waals surface area contributed by atoms with Crippen LogP contribution in [-0.4, -0.2) is 61.9 Å². The number of rotatable bonds is 14. The molecule has 0 aliphatic carbocycles. The number of nitrogens with zero attached hydrogens (tertiary/aromatic N) is 1. The molecule has 21 heavy (non-hydrogen) atoms. The first kappa shape index (κ1) is 20.8. The van der Waals surface area contributed by atoms with E-state index in [1.54, 1.807) is 0 Å².